The van der Waals surface area contributed by atoms with Gasteiger partial charge < -0.3 is 10.2 Å². The molecule has 72 valence electrons. The summed E-state index contributed by atoms with van der Waals surface area (Å²) in [5.41, 5.74) is 0. The van der Waals surface area contributed by atoms with Crippen molar-refractivity contribution in [2.75, 3.05) is 20.6 Å². The second-order valence-corrected chi connectivity index (χ2v) is 4.29. The van der Waals surface area contributed by atoms with Gasteiger partial charge in [-0.1, -0.05) is 6.42 Å². The summed E-state index contributed by atoms with van der Waals surface area (Å²) in [5.74, 6) is 0. The largest absolute Gasteiger partial charge is 0.311 e. The predicted molar refractivity (Wildman–Crippen MR) is 53.4 cm³/mol. The summed E-state index contributed by atoms with van der Waals surface area (Å²) in [5, 5.41) is 3.64. The van der Waals surface area contributed by atoms with Crippen LogP contribution in [0.15, 0.2) is 0 Å². The Bertz CT molecular complexity index is 123. The quantitative estimate of drug-likeness (QED) is 0.690. The molecule has 12 heavy (non-hydrogen) atoms. The van der Waals surface area contributed by atoms with Gasteiger partial charge in [-0.05, 0) is 46.8 Å². The first-order valence-corrected chi connectivity index (χ1v) is 5.09. The molecular weight excluding hydrogens is 148 g/mol. The third-order valence-electron chi connectivity index (χ3n) is 2.63. The highest BCUT2D eigenvalue weighted by atomic mass is 15.1. The Morgan fingerprint density at radius 3 is 2.67 bits per heavy atom. The average Bonchev–Trinajstić information content (AvgIpc) is 2.01. The molecule has 2 atom stereocenters. The van der Waals surface area contributed by atoms with Crippen molar-refractivity contribution in [3.63, 3.8) is 0 Å². The predicted octanol–water partition coefficient (Wildman–Crippen LogP) is 1.47. The Balaban J connectivity index is 2.14. The van der Waals surface area contributed by atoms with Gasteiger partial charge in [-0.3, -0.25) is 0 Å². The lowest BCUT2D eigenvalue weighted by molar-refractivity contribution is 0.288. The third-order valence-corrected chi connectivity index (χ3v) is 2.63. The molecule has 2 heteroatoms. The van der Waals surface area contributed by atoms with Crippen molar-refractivity contribution in [3.8, 4) is 0 Å². The van der Waals surface area contributed by atoms with Crippen molar-refractivity contribution in [2.45, 2.75) is 44.7 Å². The van der Waals surface area contributed by atoms with Gasteiger partial charge in [0.2, 0.25) is 0 Å². The van der Waals surface area contributed by atoms with Gasteiger partial charge >= 0.3 is 0 Å². The molecule has 1 aliphatic heterocycles. The third kappa shape index (κ3) is 3.55. The van der Waals surface area contributed by atoms with E-state index < -0.39 is 0 Å². The Hall–Kier alpha value is -0.0800. The summed E-state index contributed by atoms with van der Waals surface area (Å²) in [6, 6.07) is 1.52. The molecule has 1 heterocycles. The molecule has 0 aromatic rings. The van der Waals surface area contributed by atoms with Crippen LogP contribution in [0.2, 0.25) is 0 Å². The smallest absolute Gasteiger partial charge is 0.00817 e. The molecule has 2 nitrogen and oxygen atoms in total. The average molecular weight is 170 g/mol. The molecule has 0 aromatic heterocycles. The van der Waals surface area contributed by atoms with E-state index in [9.17, 15) is 0 Å². The van der Waals surface area contributed by atoms with Crippen LogP contribution in [0.3, 0.4) is 0 Å². The number of hydrogen-bond donors (Lipinski definition) is 1. The van der Waals surface area contributed by atoms with Crippen LogP contribution in [-0.4, -0.2) is 37.6 Å². The molecular formula is C10H22N2. The van der Waals surface area contributed by atoms with E-state index in [0.29, 0.717) is 0 Å². The van der Waals surface area contributed by atoms with Crippen molar-refractivity contribution in [1.82, 2.24) is 10.2 Å². The fraction of sp³-hybridized carbons (Fsp3) is 1.00. The molecule has 1 aliphatic rings. The van der Waals surface area contributed by atoms with Gasteiger partial charge in [-0.25, -0.2) is 0 Å². The minimum Gasteiger partial charge on any atom is -0.311 e. The van der Waals surface area contributed by atoms with Crippen molar-refractivity contribution in [2.24, 2.45) is 0 Å². The Morgan fingerprint density at radius 1 is 1.33 bits per heavy atom. The van der Waals surface area contributed by atoms with Gasteiger partial charge in [0.05, 0.1) is 0 Å². The van der Waals surface area contributed by atoms with Crippen molar-refractivity contribution in [3.05, 3.63) is 0 Å². The normalized spacial score (nSPS) is 31.0. The van der Waals surface area contributed by atoms with Gasteiger partial charge in [0.15, 0.2) is 0 Å². The van der Waals surface area contributed by atoms with Crippen LogP contribution in [0.25, 0.3) is 0 Å². The van der Waals surface area contributed by atoms with Crippen LogP contribution in [0, 0.1) is 0 Å². The zero-order valence-electron chi connectivity index (χ0n) is 8.64. The van der Waals surface area contributed by atoms with E-state index >= 15 is 0 Å². The number of rotatable bonds is 3. The van der Waals surface area contributed by atoms with E-state index in [4.69, 9.17) is 0 Å². The molecule has 1 N–H and O–H groups in total. The maximum atomic E-state index is 3.64. The monoisotopic (exact) mass is 170 g/mol. The van der Waals surface area contributed by atoms with Crippen molar-refractivity contribution < 1.29 is 0 Å². The van der Waals surface area contributed by atoms with Gasteiger partial charge in [0.25, 0.3) is 0 Å². The van der Waals surface area contributed by atoms with E-state index in [1.54, 1.807) is 0 Å². The zero-order chi connectivity index (χ0) is 8.97. The second-order valence-electron chi connectivity index (χ2n) is 4.29. The van der Waals surface area contributed by atoms with Gasteiger partial charge in [0, 0.05) is 12.1 Å². The Kier molecular flexibility index (Phi) is 4.02. The van der Waals surface area contributed by atoms with Crippen LogP contribution in [0.4, 0.5) is 0 Å². The summed E-state index contributed by atoms with van der Waals surface area (Å²) in [7, 11) is 4.29. The highest BCUT2D eigenvalue weighted by Crippen LogP contribution is 2.14. The molecule has 1 saturated heterocycles. The highest BCUT2D eigenvalue weighted by Gasteiger charge is 2.16. The molecule has 0 aromatic carbocycles. The molecule has 0 bridgehead atoms. The number of nitrogens with one attached hydrogen (secondary N) is 1. The van der Waals surface area contributed by atoms with Crippen LogP contribution in [-0.2, 0) is 0 Å². The fourth-order valence-corrected chi connectivity index (χ4v) is 1.88. The molecule has 0 amide bonds. The first kappa shape index (κ1) is 10.0. The van der Waals surface area contributed by atoms with Gasteiger partial charge in [-0.2, -0.15) is 0 Å². The SMILES string of the molecule is C[C@@H]1CCC[C@@H](CCN(C)C)N1. The number of piperidine rings is 1. The van der Waals surface area contributed by atoms with E-state index in [1.807, 2.05) is 0 Å². The number of nitrogens with zero attached hydrogens (tertiary/aromatic N) is 1. The lowest BCUT2D eigenvalue weighted by Gasteiger charge is -2.29. The van der Waals surface area contributed by atoms with Crippen LogP contribution in [0.5, 0.6) is 0 Å². The summed E-state index contributed by atoms with van der Waals surface area (Å²) in [6.07, 6.45) is 5.44. The van der Waals surface area contributed by atoms with Gasteiger partial charge in [0.1, 0.15) is 0 Å². The number of hydrogen-bond acceptors (Lipinski definition) is 2. The molecule has 0 saturated carbocycles. The summed E-state index contributed by atoms with van der Waals surface area (Å²) < 4.78 is 0. The molecule has 0 aliphatic carbocycles. The summed E-state index contributed by atoms with van der Waals surface area (Å²) in [6.45, 7) is 3.51. The first-order valence-electron chi connectivity index (χ1n) is 5.09. The van der Waals surface area contributed by atoms with Crippen LogP contribution in [0.1, 0.15) is 32.6 Å². The first-order chi connectivity index (χ1) is 5.68. The molecule has 0 unspecified atom stereocenters. The lowest BCUT2D eigenvalue weighted by atomic mass is 9.97. The Morgan fingerprint density at radius 2 is 2.08 bits per heavy atom. The molecule has 1 rings (SSSR count). The molecule has 1 fully saturated rings. The lowest BCUT2D eigenvalue weighted by Crippen LogP contribution is -2.41. The fourth-order valence-electron chi connectivity index (χ4n) is 1.88. The van der Waals surface area contributed by atoms with E-state index in [1.165, 1.54) is 32.2 Å². The summed E-state index contributed by atoms with van der Waals surface area (Å²) >= 11 is 0. The topological polar surface area (TPSA) is 15.3 Å². The van der Waals surface area contributed by atoms with E-state index in [-0.39, 0.29) is 0 Å². The minimum absolute atomic E-state index is 0.742. The standard InChI is InChI=1S/C10H22N2/c1-9-5-4-6-10(11-9)7-8-12(2)3/h9-11H,4-8H2,1-3H3/t9-,10+/m1/s1. The highest BCUT2D eigenvalue weighted by molar-refractivity contribution is 4.77. The van der Waals surface area contributed by atoms with Crippen LogP contribution < -0.4 is 5.32 Å². The maximum absolute atomic E-state index is 3.64. The molecule has 0 spiro atoms. The zero-order valence-corrected chi connectivity index (χ0v) is 8.64. The van der Waals surface area contributed by atoms with Crippen molar-refractivity contribution in [1.29, 1.82) is 0 Å². The molecule has 0 radical (unpaired) electrons. The minimum atomic E-state index is 0.742. The van der Waals surface area contributed by atoms with Gasteiger partial charge in [-0.15, -0.1) is 0 Å². The second kappa shape index (κ2) is 4.83. The maximum Gasteiger partial charge on any atom is 0.00817 e. The summed E-state index contributed by atoms with van der Waals surface area (Å²) in [4.78, 5) is 2.26. The Labute approximate surface area is 76.3 Å². The van der Waals surface area contributed by atoms with E-state index in [0.717, 1.165) is 12.1 Å². The van der Waals surface area contributed by atoms with E-state index in [2.05, 4.69) is 31.2 Å². The van der Waals surface area contributed by atoms with Crippen molar-refractivity contribution >= 4 is 0 Å². The van der Waals surface area contributed by atoms with Crippen LogP contribution >= 0.6 is 0 Å².